The third kappa shape index (κ3) is 3.46. The number of aryl methyl sites for hydroxylation is 2. The van der Waals surface area contributed by atoms with Crippen molar-refractivity contribution >= 4 is 0 Å². The molecule has 1 atom stereocenters. The van der Waals surface area contributed by atoms with E-state index < -0.39 is 0 Å². The molecule has 0 aliphatic carbocycles. The van der Waals surface area contributed by atoms with Gasteiger partial charge in [0.25, 0.3) is 0 Å². The first-order valence-electron chi connectivity index (χ1n) is 6.34. The minimum absolute atomic E-state index is 0.191. The summed E-state index contributed by atoms with van der Waals surface area (Å²) in [5, 5.41) is 7.72. The lowest BCUT2D eigenvalue weighted by molar-refractivity contribution is 0.147. The molecule has 1 N–H and O–H groups in total. The van der Waals surface area contributed by atoms with Crippen molar-refractivity contribution in [3.63, 3.8) is 0 Å². The Balaban J connectivity index is 2.78. The van der Waals surface area contributed by atoms with Crippen molar-refractivity contribution < 1.29 is 4.74 Å². The summed E-state index contributed by atoms with van der Waals surface area (Å²) in [6, 6.07) is 0. The Labute approximate surface area is 104 Å². The van der Waals surface area contributed by atoms with Gasteiger partial charge in [-0.1, -0.05) is 20.8 Å². The zero-order valence-electron chi connectivity index (χ0n) is 11.9. The number of aromatic nitrogens is 2. The second kappa shape index (κ2) is 6.05. The van der Waals surface area contributed by atoms with Gasteiger partial charge in [-0.2, -0.15) is 5.10 Å². The van der Waals surface area contributed by atoms with Gasteiger partial charge in [0.2, 0.25) is 0 Å². The van der Waals surface area contributed by atoms with Crippen LogP contribution in [0.4, 0.5) is 0 Å². The fourth-order valence-electron chi connectivity index (χ4n) is 1.78. The lowest BCUT2D eigenvalue weighted by Crippen LogP contribution is -2.35. The maximum atomic E-state index is 6.11. The molecular weight excluding hydrogens is 214 g/mol. The Morgan fingerprint density at radius 2 is 2.00 bits per heavy atom. The van der Waals surface area contributed by atoms with Crippen molar-refractivity contribution in [3.8, 4) is 5.75 Å². The minimum Gasteiger partial charge on any atom is -0.485 e. The molecule has 0 saturated carbocycles. The van der Waals surface area contributed by atoms with Crippen LogP contribution in [0.5, 0.6) is 5.75 Å². The number of likely N-dealkylation sites (N-methyl/N-ethyl adjacent to an activating group) is 1. The zero-order valence-corrected chi connectivity index (χ0v) is 11.9. The number of nitrogens with zero attached hydrogens (tertiary/aromatic N) is 2. The third-order valence-corrected chi connectivity index (χ3v) is 3.05. The highest BCUT2D eigenvalue weighted by Gasteiger charge is 2.19. The summed E-state index contributed by atoms with van der Waals surface area (Å²) in [6.45, 7) is 12.4. The first-order valence-corrected chi connectivity index (χ1v) is 6.34. The molecular formula is C13H25N3O. The van der Waals surface area contributed by atoms with Crippen LogP contribution in [-0.4, -0.2) is 29.0 Å². The van der Waals surface area contributed by atoms with Gasteiger partial charge in [0.15, 0.2) is 5.75 Å². The molecule has 1 heterocycles. The van der Waals surface area contributed by atoms with Gasteiger partial charge in [-0.15, -0.1) is 0 Å². The first-order chi connectivity index (χ1) is 7.97. The normalized spacial score (nSPS) is 13.1. The van der Waals surface area contributed by atoms with Crippen molar-refractivity contribution in [2.24, 2.45) is 13.0 Å². The molecule has 0 aliphatic heterocycles. The number of ether oxygens (including phenoxy) is 1. The van der Waals surface area contributed by atoms with Crippen LogP contribution in [0.3, 0.4) is 0 Å². The van der Waals surface area contributed by atoms with Gasteiger partial charge in [0, 0.05) is 13.6 Å². The minimum atomic E-state index is 0.191. The smallest absolute Gasteiger partial charge is 0.163 e. The van der Waals surface area contributed by atoms with Crippen LogP contribution in [0.2, 0.25) is 0 Å². The van der Waals surface area contributed by atoms with Crippen molar-refractivity contribution in [1.82, 2.24) is 15.1 Å². The van der Waals surface area contributed by atoms with Crippen molar-refractivity contribution in [1.29, 1.82) is 0 Å². The van der Waals surface area contributed by atoms with Crippen molar-refractivity contribution in [2.75, 3.05) is 13.1 Å². The number of rotatable bonds is 6. The van der Waals surface area contributed by atoms with Gasteiger partial charge in [-0.25, -0.2) is 0 Å². The van der Waals surface area contributed by atoms with Crippen LogP contribution in [0, 0.1) is 19.8 Å². The van der Waals surface area contributed by atoms with Crippen LogP contribution >= 0.6 is 0 Å². The average Bonchev–Trinajstić information content (AvgIpc) is 2.49. The maximum Gasteiger partial charge on any atom is 0.163 e. The van der Waals surface area contributed by atoms with E-state index in [1.807, 2.05) is 25.6 Å². The molecule has 0 aliphatic rings. The van der Waals surface area contributed by atoms with E-state index in [2.05, 4.69) is 31.2 Å². The van der Waals surface area contributed by atoms with Crippen LogP contribution in [0.1, 0.15) is 32.2 Å². The fraction of sp³-hybridized carbons (Fsp3) is 0.769. The van der Waals surface area contributed by atoms with Gasteiger partial charge in [0.05, 0.1) is 5.69 Å². The Morgan fingerprint density at radius 3 is 2.41 bits per heavy atom. The standard InChI is InChI=1S/C13H25N3O/c1-7-14-8-12(9(2)3)17-13-10(4)15-16(6)11(13)5/h9,12,14H,7-8H2,1-6H3. The van der Waals surface area contributed by atoms with Crippen LogP contribution in [0.15, 0.2) is 0 Å². The van der Waals surface area contributed by atoms with Gasteiger partial charge in [-0.3, -0.25) is 4.68 Å². The van der Waals surface area contributed by atoms with E-state index in [0.717, 1.165) is 30.2 Å². The van der Waals surface area contributed by atoms with Crippen LogP contribution < -0.4 is 10.1 Å². The Bertz CT molecular complexity index is 358. The molecule has 1 aromatic heterocycles. The highest BCUT2D eigenvalue weighted by atomic mass is 16.5. The van der Waals surface area contributed by atoms with Gasteiger partial charge >= 0.3 is 0 Å². The van der Waals surface area contributed by atoms with E-state index in [0.29, 0.717) is 5.92 Å². The lowest BCUT2D eigenvalue weighted by atomic mass is 10.1. The average molecular weight is 239 g/mol. The molecule has 1 aromatic rings. The first kappa shape index (κ1) is 14.0. The number of nitrogens with one attached hydrogen (secondary N) is 1. The van der Waals surface area contributed by atoms with E-state index in [1.54, 1.807) is 0 Å². The molecule has 0 amide bonds. The predicted molar refractivity (Wildman–Crippen MR) is 70.5 cm³/mol. The van der Waals surface area contributed by atoms with E-state index >= 15 is 0 Å². The predicted octanol–water partition coefficient (Wildman–Crippen LogP) is 2.05. The monoisotopic (exact) mass is 239 g/mol. The second-order valence-electron chi connectivity index (χ2n) is 4.83. The third-order valence-electron chi connectivity index (χ3n) is 3.05. The SMILES string of the molecule is CCNCC(Oc1c(C)nn(C)c1C)C(C)C. The van der Waals surface area contributed by atoms with E-state index in [9.17, 15) is 0 Å². The van der Waals surface area contributed by atoms with Gasteiger partial charge < -0.3 is 10.1 Å². The summed E-state index contributed by atoms with van der Waals surface area (Å²) in [4.78, 5) is 0. The topological polar surface area (TPSA) is 39.1 Å². The highest BCUT2D eigenvalue weighted by molar-refractivity contribution is 5.32. The molecule has 0 saturated heterocycles. The molecule has 0 aromatic carbocycles. The molecule has 0 spiro atoms. The summed E-state index contributed by atoms with van der Waals surface area (Å²) in [6.07, 6.45) is 0.191. The quantitative estimate of drug-likeness (QED) is 0.826. The van der Waals surface area contributed by atoms with Crippen molar-refractivity contribution in [3.05, 3.63) is 11.4 Å². The molecule has 4 heteroatoms. The molecule has 17 heavy (non-hydrogen) atoms. The van der Waals surface area contributed by atoms with Gasteiger partial charge in [0.1, 0.15) is 11.8 Å². The summed E-state index contributed by atoms with van der Waals surface area (Å²) in [5.41, 5.74) is 2.05. The molecule has 4 nitrogen and oxygen atoms in total. The van der Waals surface area contributed by atoms with E-state index in [1.165, 1.54) is 0 Å². The van der Waals surface area contributed by atoms with E-state index in [4.69, 9.17) is 4.74 Å². The van der Waals surface area contributed by atoms with Crippen LogP contribution in [0.25, 0.3) is 0 Å². The summed E-state index contributed by atoms with van der Waals surface area (Å²) in [5.74, 6) is 1.41. The number of hydrogen-bond donors (Lipinski definition) is 1. The number of hydrogen-bond acceptors (Lipinski definition) is 3. The lowest BCUT2D eigenvalue weighted by Gasteiger charge is -2.23. The molecule has 1 unspecified atom stereocenters. The maximum absolute atomic E-state index is 6.11. The van der Waals surface area contributed by atoms with Crippen LogP contribution in [-0.2, 0) is 7.05 Å². The summed E-state index contributed by atoms with van der Waals surface area (Å²) < 4.78 is 7.98. The molecule has 98 valence electrons. The Hall–Kier alpha value is -1.03. The molecule has 1 rings (SSSR count). The van der Waals surface area contributed by atoms with E-state index in [-0.39, 0.29) is 6.10 Å². The van der Waals surface area contributed by atoms with Gasteiger partial charge in [-0.05, 0) is 26.3 Å². The zero-order chi connectivity index (χ0) is 13.0. The second-order valence-corrected chi connectivity index (χ2v) is 4.83. The molecule has 0 fully saturated rings. The Morgan fingerprint density at radius 1 is 1.35 bits per heavy atom. The summed E-state index contributed by atoms with van der Waals surface area (Å²) >= 11 is 0. The molecule has 0 radical (unpaired) electrons. The Kier molecular flexibility index (Phi) is 5.00. The summed E-state index contributed by atoms with van der Waals surface area (Å²) in [7, 11) is 1.95. The van der Waals surface area contributed by atoms with Crippen molar-refractivity contribution in [2.45, 2.75) is 40.7 Å². The molecule has 0 bridgehead atoms. The largest absolute Gasteiger partial charge is 0.485 e. The fourth-order valence-corrected chi connectivity index (χ4v) is 1.78. The highest BCUT2D eigenvalue weighted by Crippen LogP contribution is 2.24.